The molecular formula is C20H14O5. The maximum absolute atomic E-state index is 12.4. The number of carbonyl (C=O) groups excluding carboxylic acids is 3. The molecule has 124 valence electrons. The average molecular weight is 334 g/mol. The summed E-state index contributed by atoms with van der Waals surface area (Å²) in [6.07, 6.45) is 0. The standard InChI is InChI=1S/C20H14O5/c1-10(21)25-20-14-9-5-4-7-12(14)11-6-2-3-8-13(11)16(20)15-17(20)19(23)24-18(15)22/h2-9,15-17H,1H3/t15?,16?,17?,20-/m1/s1. The molecule has 2 aromatic rings. The first-order chi connectivity index (χ1) is 12.1. The fourth-order valence-electron chi connectivity index (χ4n) is 4.88. The van der Waals surface area contributed by atoms with Crippen molar-refractivity contribution in [2.24, 2.45) is 11.8 Å². The van der Waals surface area contributed by atoms with Crippen molar-refractivity contribution < 1.29 is 23.9 Å². The fourth-order valence-corrected chi connectivity index (χ4v) is 4.88. The van der Waals surface area contributed by atoms with Crippen molar-refractivity contribution in [1.82, 2.24) is 0 Å². The minimum absolute atomic E-state index is 0.411. The summed E-state index contributed by atoms with van der Waals surface area (Å²) in [5, 5.41) is 0. The number of cyclic esters (lactones) is 2. The minimum atomic E-state index is -1.18. The van der Waals surface area contributed by atoms with E-state index in [1.807, 2.05) is 48.5 Å². The quantitative estimate of drug-likeness (QED) is 0.592. The van der Waals surface area contributed by atoms with Crippen LogP contribution in [0.4, 0.5) is 0 Å². The van der Waals surface area contributed by atoms with Crippen molar-refractivity contribution in [3.8, 4) is 11.1 Å². The number of benzene rings is 2. The van der Waals surface area contributed by atoms with Gasteiger partial charge in [0.15, 0.2) is 5.60 Å². The maximum atomic E-state index is 12.4. The van der Waals surface area contributed by atoms with E-state index in [2.05, 4.69) is 0 Å². The summed E-state index contributed by atoms with van der Waals surface area (Å²) in [5.41, 5.74) is 2.42. The van der Waals surface area contributed by atoms with Gasteiger partial charge < -0.3 is 9.47 Å². The topological polar surface area (TPSA) is 69.7 Å². The summed E-state index contributed by atoms with van der Waals surface area (Å²) in [4.78, 5) is 36.6. The Morgan fingerprint density at radius 2 is 1.64 bits per heavy atom. The highest BCUT2D eigenvalue weighted by Crippen LogP contribution is 2.69. The molecule has 1 saturated heterocycles. The fraction of sp³-hybridized carbons (Fsp3) is 0.250. The van der Waals surface area contributed by atoms with Crippen molar-refractivity contribution in [2.45, 2.75) is 18.4 Å². The van der Waals surface area contributed by atoms with E-state index >= 15 is 0 Å². The predicted octanol–water partition coefficient (Wildman–Crippen LogP) is 2.54. The average Bonchev–Trinajstić information content (AvgIpc) is 2.83. The molecule has 2 aromatic carbocycles. The Morgan fingerprint density at radius 1 is 0.960 bits per heavy atom. The second-order valence-corrected chi connectivity index (χ2v) is 6.74. The molecule has 1 aliphatic heterocycles. The molecule has 5 nitrogen and oxygen atoms in total. The van der Waals surface area contributed by atoms with Gasteiger partial charge in [-0.25, -0.2) is 0 Å². The van der Waals surface area contributed by atoms with Gasteiger partial charge in [-0.3, -0.25) is 14.4 Å². The van der Waals surface area contributed by atoms with E-state index in [1.165, 1.54) is 6.92 Å². The first-order valence-corrected chi connectivity index (χ1v) is 8.19. The van der Waals surface area contributed by atoms with Gasteiger partial charge in [0.05, 0.1) is 5.92 Å². The van der Waals surface area contributed by atoms with E-state index in [9.17, 15) is 14.4 Å². The van der Waals surface area contributed by atoms with Crippen LogP contribution in [0, 0.1) is 11.8 Å². The Morgan fingerprint density at radius 3 is 2.40 bits per heavy atom. The van der Waals surface area contributed by atoms with Gasteiger partial charge in [-0.15, -0.1) is 0 Å². The molecule has 1 saturated carbocycles. The summed E-state index contributed by atoms with van der Waals surface area (Å²) in [6.45, 7) is 1.32. The third kappa shape index (κ3) is 1.56. The molecule has 2 aliphatic carbocycles. The van der Waals surface area contributed by atoms with Gasteiger partial charge in [0, 0.05) is 18.4 Å². The van der Waals surface area contributed by atoms with Crippen LogP contribution in [-0.4, -0.2) is 17.9 Å². The minimum Gasteiger partial charge on any atom is -0.453 e. The Balaban J connectivity index is 1.85. The second kappa shape index (κ2) is 4.57. The van der Waals surface area contributed by atoms with E-state index in [4.69, 9.17) is 9.47 Å². The normalized spacial score (nSPS) is 31.0. The first kappa shape index (κ1) is 14.4. The largest absolute Gasteiger partial charge is 0.453 e. The molecular weight excluding hydrogens is 320 g/mol. The van der Waals surface area contributed by atoms with Gasteiger partial charge in [0.2, 0.25) is 0 Å². The van der Waals surface area contributed by atoms with Gasteiger partial charge >= 0.3 is 17.9 Å². The Kier molecular flexibility index (Phi) is 2.63. The van der Waals surface area contributed by atoms with Crippen LogP contribution < -0.4 is 0 Å². The van der Waals surface area contributed by atoms with Crippen LogP contribution in [0.5, 0.6) is 0 Å². The van der Waals surface area contributed by atoms with Crippen LogP contribution >= 0.6 is 0 Å². The molecule has 4 atom stereocenters. The summed E-state index contributed by atoms with van der Waals surface area (Å²) in [6, 6.07) is 15.3. The van der Waals surface area contributed by atoms with Crippen molar-refractivity contribution in [3.05, 3.63) is 59.7 Å². The van der Waals surface area contributed by atoms with E-state index < -0.39 is 41.3 Å². The molecule has 25 heavy (non-hydrogen) atoms. The SMILES string of the molecule is CC(=O)O[C@]12c3ccccc3-c3ccccc3C1C1C(=O)OC(=O)C12. The number of rotatable bonds is 1. The van der Waals surface area contributed by atoms with Crippen LogP contribution in [0.25, 0.3) is 11.1 Å². The van der Waals surface area contributed by atoms with Gasteiger partial charge in [-0.1, -0.05) is 48.5 Å². The first-order valence-electron chi connectivity index (χ1n) is 8.19. The number of ether oxygens (including phenoxy) is 2. The van der Waals surface area contributed by atoms with Crippen molar-refractivity contribution in [3.63, 3.8) is 0 Å². The molecule has 5 rings (SSSR count). The molecule has 0 amide bonds. The molecule has 0 bridgehead atoms. The molecule has 5 heteroatoms. The number of carbonyl (C=O) groups is 3. The number of hydrogen-bond donors (Lipinski definition) is 0. The number of esters is 3. The molecule has 0 N–H and O–H groups in total. The van der Waals surface area contributed by atoms with Crippen molar-refractivity contribution >= 4 is 17.9 Å². The van der Waals surface area contributed by atoms with Gasteiger partial charge in [-0.05, 0) is 16.7 Å². The van der Waals surface area contributed by atoms with Crippen LogP contribution in [0.2, 0.25) is 0 Å². The zero-order chi connectivity index (χ0) is 17.3. The lowest BCUT2D eigenvalue weighted by Gasteiger charge is -2.57. The third-order valence-corrected chi connectivity index (χ3v) is 5.62. The summed E-state index contributed by atoms with van der Waals surface area (Å²) in [7, 11) is 0. The lowest BCUT2D eigenvalue weighted by molar-refractivity contribution is -0.204. The molecule has 0 radical (unpaired) electrons. The number of fused-ring (bicyclic) bond motifs is 9. The van der Waals surface area contributed by atoms with Crippen LogP contribution in [0.15, 0.2) is 48.5 Å². The van der Waals surface area contributed by atoms with Crippen molar-refractivity contribution in [1.29, 1.82) is 0 Å². The van der Waals surface area contributed by atoms with Gasteiger partial charge in [0.1, 0.15) is 5.92 Å². The molecule has 0 spiro atoms. The van der Waals surface area contributed by atoms with Crippen molar-refractivity contribution in [2.75, 3.05) is 0 Å². The van der Waals surface area contributed by atoms with E-state index in [0.29, 0.717) is 0 Å². The van der Waals surface area contributed by atoms with E-state index in [1.54, 1.807) is 0 Å². The predicted molar refractivity (Wildman–Crippen MR) is 86.1 cm³/mol. The Labute approximate surface area is 143 Å². The zero-order valence-electron chi connectivity index (χ0n) is 13.4. The molecule has 3 aliphatic rings. The van der Waals surface area contributed by atoms with Crippen LogP contribution in [-0.2, 0) is 29.5 Å². The van der Waals surface area contributed by atoms with E-state index in [0.717, 1.165) is 22.3 Å². The monoisotopic (exact) mass is 334 g/mol. The highest BCUT2D eigenvalue weighted by atomic mass is 16.6. The number of hydrogen-bond acceptors (Lipinski definition) is 5. The third-order valence-electron chi connectivity index (χ3n) is 5.62. The second-order valence-electron chi connectivity index (χ2n) is 6.74. The Hall–Kier alpha value is -2.95. The summed E-state index contributed by atoms with van der Waals surface area (Å²) < 4.78 is 10.7. The molecule has 2 fully saturated rings. The highest BCUT2D eigenvalue weighted by Gasteiger charge is 2.77. The Bertz CT molecular complexity index is 962. The smallest absolute Gasteiger partial charge is 0.321 e. The molecule has 3 unspecified atom stereocenters. The van der Waals surface area contributed by atoms with Gasteiger partial charge in [0.25, 0.3) is 0 Å². The lowest BCUT2D eigenvalue weighted by atomic mass is 9.47. The zero-order valence-corrected chi connectivity index (χ0v) is 13.4. The maximum Gasteiger partial charge on any atom is 0.321 e. The van der Waals surface area contributed by atoms with Gasteiger partial charge in [-0.2, -0.15) is 0 Å². The van der Waals surface area contributed by atoms with Crippen LogP contribution in [0.3, 0.4) is 0 Å². The lowest BCUT2D eigenvalue weighted by Crippen LogP contribution is -2.63. The molecule has 0 aromatic heterocycles. The highest BCUT2D eigenvalue weighted by molar-refractivity contribution is 6.02. The molecule has 1 heterocycles. The summed E-state index contributed by atoms with van der Waals surface area (Å²) in [5.74, 6) is -3.43. The van der Waals surface area contributed by atoms with E-state index in [-0.39, 0.29) is 0 Å². The van der Waals surface area contributed by atoms with Crippen LogP contribution in [0.1, 0.15) is 24.0 Å². The summed E-state index contributed by atoms with van der Waals surface area (Å²) >= 11 is 0.